The Morgan fingerprint density at radius 3 is 2.53 bits per heavy atom. The third-order valence-corrected chi connectivity index (χ3v) is 3.08. The highest BCUT2D eigenvalue weighted by Crippen LogP contribution is 2.19. The van der Waals surface area contributed by atoms with Crippen LogP contribution in [0.3, 0.4) is 0 Å². The molecule has 0 bridgehead atoms. The Morgan fingerprint density at radius 2 is 1.89 bits per heavy atom. The third-order valence-electron chi connectivity index (χ3n) is 2.79. The smallest absolute Gasteiger partial charge is 0.167 e. The molecule has 0 amide bonds. The molecule has 2 rings (SSSR count). The van der Waals surface area contributed by atoms with E-state index in [1.807, 2.05) is 13.8 Å². The highest BCUT2D eigenvalue weighted by molar-refractivity contribution is 6.30. The number of Topliss-reactive ketones (excluding diaryl/α,β-unsaturated/α-hetero) is 1. The number of carbonyl (C=O) groups excluding carboxylic acids is 1. The molecular weight excluding hydrogens is 265 g/mol. The van der Waals surface area contributed by atoms with Gasteiger partial charge in [-0.3, -0.25) is 9.78 Å². The summed E-state index contributed by atoms with van der Waals surface area (Å²) in [5.74, 6) is -0.671. The lowest BCUT2D eigenvalue weighted by Gasteiger charge is -2.06. The van der Waals surface area contributed by atoms with Gasteiger partial charge in [0.05, 0.1) is 5.02 Å². The van der Waals surface area contributed by atoms with Crippen molar-refractivity contribution in [1.29, 1.82) is 0 Å². The molecule has 2 nitrogen and oxygen atoms in total. The number of hydrogen-bond acceptors (Lipinski definition) is 2. The van der Waals surface area contributed by atoms with E-state index in [1.54, 1.807) is 24.3 Å². The summed E-state index contributed by atoms with van der Waals surface area (Å²) in [5, 5.41) is 0.0346. The van der Waals surface area contributed by atoms with Gasteiger partial charge >= 0.3 is 0 Å². The fourth-order valence-electron chi connectivity index (χ4n) is 1.96. The lowest BCUT2D eigenvalue weighted by Crippen LogP contribution is -2.07. The maximum Gasteiger partial charge on any atom is 0.167 e. The molecule has 0 aliphatic heterocycles. The number of nitrogens with zero attached hydrogens (tertiary/aromatic N) is 1. The van der Waals surface area contributed by atoms with Crippen molar-refractivity contribution in [2.75, 3.05) is 0 Å². The topological polar surface area (TPSA) is 30.0 Å². The minimum atomic E-state index is -0.528. The Morgan fingerprint density at radius 1 is 1.26 bits per heavy atom. The van der Waals surface area contributed by atoms with E-state index in [0.717, 1.165) is 11.4 Å². The summed E-state index contributed by atoms with van der Waals surface area (Å²) >= 11 is 5.70. The molecule has 0 saturated carbocycles. The molecule has 0 saturated heterocycles. The fraction of sp³-hybridized carbons (Fsp3) is 0.200. The zero-order valence-corrected chi connectivity index (χ0v) is 11.5. The van der Waals surface area contributed by atoms with Crippen molar-refractivity contribution in [2.45, 2.75) is 20.3 Å². The second kappa shape index (κ2) is 5.49. The first kappa shape index (κ1) is 13.7. The van der Waals surface area contributed by atoms with Gasteiger partial charge < -0.3 is 0 Å². The van der Waals surface area contributed by atoms with E-state index in [0.29, 0.717) is 11.1 Å². The molecule has 0 atom stereocenters. The fourth-order valence-corrected chi connectivity index (χ4v) is 2.15. The summed E-state index contributed by atoms with van der Waals surface area (Å²) in [5.41, 5.74) is 2.40. The Bertz CT molecular complexity index is 620. The summed E-state index contributed by atoms with van der Waals surface area (Å²) in [4.78, 5) is 16.4. The molecule has 0 aliphatic carbocycles. The van der Waals surface area contributed by atoms with Gasteiger partial charge in [-0.05, 0) is 37.6 Å². The van der Waals surface area contributed by atoms with Crippen molar-refractivity contribution in [1.82, 2.24) is 4.98 Å². The van der Waals surface area contributed by atoms with Crippen molar-refractivity contribution in [3.8, 4) is 0 Å². The molecule has 19 heavy (non-hydrogen) atoms. The number of hydrogen-bond donors (Lipinski definition) is 0. The Balaban J connectivity index is 2.28. The van der Waals surface area contributed by atoms with Crippen molar-refractivity contribution in [2.24, 2.45) is 0 Å². The number of halogens is 2. The van der Waals surface area contributed by atoms with E-state index in [9.17, 15) is 9.18 Å². The minimum Gasteiger partial charge on any atom is -0.294 e. The van der Waals surface area contributed by atoms with Crippen LogP contribution >= 0.6 is 11.6 Å². The van der Waals surface area contributed by atoms with E-state index < -0.39 is 5.82 Å². The van der Waals surface area contributed by atoms with Crippen LogP contribution in [0.25, 0.3) is 0 Å². The maximum absolute atomic E-state index is 13.7. The van der Waals surface area contributed by atoms with Gasteiger partial charge in [-0.2, -0.15) is 0 Å². The summed E-state index contributed by atoms with van der Waals surface area (Å²) in [7, 11) is 0. The highest BCUT2D eigenvalue weighted by atomic mass is 35.5. The molecule has 2 aromatic rings. The lowest BCUT2D eigenvalue weighted by molar-refractivity contribution is 0.0991. The predicted octanol–water partition coefficient (Wildman–Crippen LogP) is 3.92. The second-order valence-electron chi connectivity index (χ2n) is 4.45. The second-order valence-corrected chi connectivity index (χ2v) is 4.86. The zero-order valence-electron chi connectivity index (χ0n) is 10.7. The van der Waals surface area contributed by atoms with Crippen LogP contribution in [0.4, 0.5) is 4.39 Å². The average Bonchev–Trinajstić information content (AvgIpc) is 2.33. The van der Waals surface area contributed by atoms with Crippen LogP contribution in [0.5, 0.6) is 0 Å². The van der Waals surface area contributed by atoms with Gasteiger partial charge in [0.1, 0.15) is 5.82 Å². The van der Waals surface area contributed by atoms with Crippen LogP contribution in [-0.4, -0.2) is 10.8 Å². The van der Waals surface area contributed by atoms with E-state index >= 15 is 0 Å². The van der Waals surface area contributed by atoms with Gasteiger partial charge in [-0.15, -0.1) is 0 Å². The molecule has 0 spiro atoms. The first-order chi connectivity index (χ1) is 8.97. The SMILES string of the molecule is Cc1cc(C(=O)Cc2cccc(Cl)c2F)cc(C)n1. The van der Waals surface area contributed by atoms with E-state index in [4.69, 9.17) is 11.6 Å². The molecule has 0 fully saturated rings. The van der Waals surface area contributed by atoms with Gasteiger partial charge in [-0.25, -0.2) is 4.39 Å². The Labute approximate surface area is 116 Å². The van der Waals surface area contributed by atoms with Gasteiger partial charge in [0, 0.05) is 23.4 Å². The van der Waals surface area contributed by atoms with Crippen molar-refractivity contribution in [3.05, 3.63) is 63.7 Å². The van der Waals surface area contributed by atoms with Gasteiger partial charge in [-0.1, -0.05) is 23.7 Å². The largest absolute Gasteiger partial charge is 0.294 e. The van der Waals surface area contributed by atoms with E-state index in [1.165, 1.54) is 6.07 Å². The van der Waals surface area contributed by atoms with Crippen LogP contribution in [0.2, 0.25) is 5.02 Å². The lowest BCUT2D eigenvalue weighted by atomic mass is 10.0. The number of aryl methyl sites for hydroxylation is 2. The van der Waals surface area contributed by atoms with Crippen molar-refractivity contribution >= 4 is 17.4 Å². The zero-order chi connectivity index (χ0) is 14.0. The first-order valence-corrected chi connectivity index (χ1v) is 6.26. The summed E-state index contributed by atoms with van der Waals surface area (Å²) in [6.45, 7) is 3.65. The Kier molecular flexibility index (Phi) is 3.96. The molecule has 1 heterocycles. The van der Waals surface area contributed by atoms with Crippen LogP contribution in [0.1, 0.15) is 27.3 Å². The van der Waals surface area contributed by atoms with Crippen LogP contribution in [0.15, 0.2) is 30.3 Å². The van der Waals surface area contributed by atoms with Crippen LogP contribution in [-0.2, 0) is 6.42 Å². The maximum atomic E-state index is 13.7. The van der Waals surface area contributed by atoms with Gasteiger partial charge in [0.15, 0.2) is 5.78 Å². The van der Waals surface area contributed by atoms with Crippen molar-refractivity contribution < 1.29 is 9.18 Å². The van der Waals surface area contributed by atoms with Gasteiger partial charge in [0.2, 0.25) is 0 Å². The van der Waals surface area contributed by atoms with Gasteiger partial charge in [0.25, 0.3) is 0 Å². The average molecular weight is 278 g/mol. The number of carbonyl (C=O) groups is 1. The normalized spacial score (nSPS) is 10.5. The van der Waals surface area contributed by atoms with Crippen molar-refractivity contribution in [3.63, 3.8) is 0 Å². The molecule has 1 aromatic heterocycles. The number of rotatable bonds is 3. The number of benzene rings is 1. The molecule has 0 unspecified atom stereocenters. The van der Waals surface area contributed by atoms with Crippen LogP contribution in [0, 0.1) is 19.7 Å². The third kappa shape index (κ3) is 3.18. The molecule has 4 heteroatoms. The first-order valence-electron chi connectivity index (χ1n) is 5.89. The van der Waals surface area contributed by atoms with E-state index in [2.05, 4.69) is 4.98 Å². The molecular formula is C15H13ClFNO. The predicted molar refractivity (Wildman–Crippen MR) is 73.2 cm³/mol. The summed E-state index contributed by atoms with van der Waals surface area (Å²) < 4.78 is 13.7. The Hall–Kier alpha value is -1.74. The molecule has 98 valence electrons. The quantitative estimate of drug-likeness (QED) is 0.796. The standard InChI is InChI=1S/C15H13ClFNO/c1-9-6-12(7-10(2)18-9)14(19)8-11-4-3-5-13(16)15(11)17/h3-7H,8H2,1-2H3. The molecule has 0 radical (unpaired) electrons. The number of pyridine rings is 1. The van der Waals surface area contributed by atoms with E-state index in [-0.39, 0.29) is 17.2 Å². The molecule has 1 aromatic carbocycles. The molecule has 0 aliphatic rings. The minimum absolute atomic E-state index is 0.00468. The number of aromatic nitrogens is 1. The highest BCUT2D eigenvalue weighted by Gasteiger charge is 2.13. The van der Waals surface area contributed by atoms with Crippen LogP contribution < -0.4 is 0 Å². The monoisotopic (exact) mass is 277 g/mol. The summed E-state index contributed by atoms with van der Waals surface area (Å²) in [6, 6.07) is 8.08. The molecule has 0 N–H and O–H groups in total. The summed E-state index contributed by atoms with van der Waals surface area (Å²) in [6.07, 6.45) is -0.00468. The number of ketones is 1.